The van der Waals surface area contributed by atoms with Gasteiger partial charge in [-0.2, -0.15) is 0 Å². The number of nitrogens with one attached hydrogen (secondary N) is 1. The van der Waals surface area contributed by atoms with E-state index in [9.17, 15) is 9.59 Å². The summed E-state index contributed by atoms with van der Waals surface area (Å²) in [4.78, 5) is 23.9. The Morgan fingerprint density at radius 1 is 1.35 bits per heavy atom. The molecule has 0 saturated heterocycles. The van der Waals surface area contributed by atoms with E-state index < -0.39 is 5.97 Å². The number of hydrogen-bond donors (Lipinski definition) is 2. The highest BCUT2D eigenvalue weighted by Crippen LogP contribution is 2.04. The van der Waals surface area contributed by atoms with Gasteiger partial charge in [-0.15, -0.1) is 0 Å². The molecular weight excluding hydrogens is 220 g/mol. The van der Waals surface area contributed by atoms with Crippen LogP contribution in [-0.2, 0) is 11.3 Å². The monoisotopic (exact) mass is 236 g/mol. The lowest BCUT2D eigenvalue weighted by atomic mass is 10.1. The van der Waals surface area contributed by atoms with Gasteiger partial charge in [0.2, 0.25) is 5.91 Å². The molecule has 92 valence electrons. The van der Waals surface area contributed by atoms with Gasteiger partial charge < -0.3 is 15.3 Å². The number of hydrogen-bond acceptors (Lipinski definition) is 3. The molecule has 17 heavy (non-hydrogen) atoms. The van der Waals surface area contributed by atoms with E-state index in [1.165, 1.54) is 6.07 Å². The minimum Gasteiger partial charge on any atom is -0.478 e. The molecule has 0 fully saturated rings. The van der Waals surface area contributed by atoms with Crippen LogP contribution in [0, 0.1) is 0 Å². The second-order valence-corrected chi connectivity index (χ2v) is 4.02. The molecule has 0 saturated carbocycles. The molecule has 0 bridgehead atoms. The average molecular weight is 236 g/mol. The van der Waals surface area contributed by atoms with Crippen molar-refractivity contribution in [2.45, 2.75) is 6.54 Å². The molecule has 2 N–H and O–H groups in total. The molecular formula is C12H16N2O3. The van der Waals surface area contributed by atoms with Gasteiger partial charge >= 0.3 is 5.97 Å². The van der Waals surface area contributed by atoms with Crippen molar-refractivity contribution in [1.82, 2.24) is 10.2 Å². The number of aromatic carboxylic acids is 1. The Hall–Kier alpha value is -1.88. The number of likely N-dealkylation sites (N-methyl/N-ethyl adjacent to an activating group) is 1. The summed E-state index contributed by atoms with van der Waals surface area (Å²) in [5, 5.41) is 11.5. The SMILES string of the molecule is CN(C)CC(=O)NCc1cccc(C(=O)O)c1. The second-order valence-electron chi connectivity index (χ2n) is 4.02. The highest BCUT2D eigenvalue weighted by atomic mass is 16.4. The molecule has 5 heteroatoms. The quantitative estimate of drug-likeness (QED) is 0.784. The zero-order chi connectivity index (χ0) is 12.8. The van der Waals surface area contributed by atoms with E-state index in [0.29, 0.717) is 13.1 Å². The Morgan fingerprint density at radius 3 is 2.65 bits per heavy atom. The van der Waals surface area contributed by atoms with Crippen LogP contribution in [0.1, 0.15) is 15.9 Å². The number of carboxylic acid groups (broad SMARTS) is 1. The van der Waals surface area contributed by atoms with Crippen molar-refractivity contribution in [2.24, 2.45) is 0 Å². The number of carboxylic acids is 1. The van der Waals surface area contributed by atoms with Crippen molar-refractivity contribution in [1.29, 1.82) is 0 Å². The van der Waals surface area contributed by atoms with E-state index >= 15 is 0 Å². The molecule has 0 heterocycles. The van der Waals surface area contributed by atoms with E-state index in [0.717, 1.165) is 5.56 Å². The Kier molecular flexibility index (Phi) is 4.66. The van der Waals surface area contributed by atoms with Gasteiger partial charge in [0.05, 0.1) is 12.1 Å². The summed E-state index contributed by atoms with van der Waals surface area (Å²) in [7, 11) is 3.62. The minimum atomic E-state index is -0.966. The maximum Gasteiger partial charge on any atom is 0.335 e. The van der Waals surface area contributed by atoms with Crippen LogP contribution in [0.4, 0.5) is 0 Å². The van der Waals surface area contributed by atoms with E-state index in [2.05, 4.69) is 5.32 Å². The number of carbonyl (C=O) groups excluding carboxylic acids is 1. The molecule has 0 unspecified atom stereocenters. The van der Waals surface area contributed by atoms with Gasteiger partial charge in [0.15, 0.2) is 0 Å². The summed E-state index contributed by atoms with van der Waals surface area (Å²) in [6.07, 6.45) is 0. The van der Waals surface area contributed by atoms with Crippen LogP contribution < -0.4 is 5.32 Å². The van der Waals surface area contributed by atoms with Gasteiger partial charge in [0.1, 0.15) is 0 Å². The molecule has 0 aliphatic heterocycles. The zero-order valence-electron chi connectivity index (χ0n) is 9.93. The summed E-state index contributed by atoms with van der Waals surface area (Å²) >= 11 is 0. The van der Waals surface area contributed by atoms with Crippen molar-refractivity contribution in [2.75, 3.05) is 20.6 Å². The lowest BCUT2D eigenvalue weighted by Crippen LogP contribution is -2.32. The Balaban J connectivity index is 2.54. The fourth-order valence-electron chi connectivity index (χ4n) is 1.36. The first-order valence-corrected chi connectivity index (χ1v) is 5.22. The smallest absolute Gasteiger partial charge is 0.335 e. The summed E-state index contributed by atoms with van der Waals surface area (Å²) in [5.41, 5.74) is 1.00. The van der Waals surface area contributed by atoms with Crippen LogP contribution in [0.5, 0.6) is 0 Å². The van der Waals surface area contributed by atoms with Gasteiger partial charge in [-0.3, -0.25) is 4.79 Å². The van der Waals surface area contributed by atoms with Crippen molar-refractivity contribution in [3.8, 4) is 0 Å². The summed E-state index contributed by atoms with van der Waals surface area (Å²) in [6, 6.07) is 6.52. The Morgan fingerprint density at radius 2 is 2.06 bits per heavy atom. The third-order valence-corrected chi connectivity index (χ3v) is 2.12. The highest BCUT2D eigenvalue weighted by Gasteiger charge is 2.05. The molecule has 0 radical (unpaired) electrons. The molecule has 0 aliphatic carbocycles. The molecule has 0 aliphatic rings. The largest absolute Gasteiger partial charge is 0.478 e. The predicted octanol–water partition coefficient (Wildman–Crippen LogP) is 0.563. The number of rotatable bonds is 5. The van der Waals surface area contributed by atoms with Crippen LogP contribution in [0.3, 0.4) is 0 Å². The van der Waals surface area contributed by atoms with Crippen molar-refractivity contribution in [3.05, 3.63) is 35.4 Å². The number of nitrogens with zero attached hydrogens (tertiary/aromatic N) is 1. The molecule has 0 aromatic heterocycles. The lowest BCUT2D eigenvalue weighted by Gasteiger charge is -2.10. The second kappa shape index (κ2) is 6.00. The highest BCUT2D eigenvalue weighted by molar-refractivity contribution is 5.87. The third-order valence-electron chi connectivity index (χ3n) is 2.12. The van der Waals surface area contributed by atoms with Crippen molar-refractivity contribution in [3.63, 3.8) is 0 Å². The Bertz CT molecular complexity index is 416. The maximum absolute atomic E-state index is 11.4. The van der Waals surface area contributed by atoms with Gasteiger partial charge in [-0.1, -0.05) is 12.1 Å². The van der Waals surface area contributed by atoms with E-state index in [-0.39, 0.29) is 11.5 Å². The predicted molar refractivity (Wildman–Crippen MR) is 63.8 cm³/mol. The van der Waals surface area contributed by atoms with Gasteiger partial charge in [0, 0.05) is 6.54 Å². The first-order chi connectivity index (χ1) is 7.99. The molecule has 0 atom stereocenters. The summed E-state index contributed by atoms with van der Waals surface area (Å²) < 4.78 is 0. The minimum absolute atomic E-state index is 0.0873. The topological polar surface area (TPSA) is 69.6 Å². The van der Waals surface area contributed by atoms with E-state index in [1.54, 1.807) is 23.1 Å². The third kappa shape index (κ3) is 4.65. The number of carbonyl (C=O) groups is 2. The average Bonchev–Trinajstić information content (AvgIpc) is 2.26. The first-order valence-electron chi connectivity index (χ1n) is 5.22. The van der Waals surface area contributed by atoms with E-state index in [1.807, 2.05) is 14.1 Å². The van der Waals surface area contributed by atoms with Crippen molar-refractivity contribution >= 4 is 11.9 Å². The molecule has 1 amide bonds. The maximum atomic E-state index is 11.4. The van der Waals surface area contributed by atoms with Gasteiger partial charge in [-0.25, -0.2) is 4.79 Å². The van der Waals surface area contributed by atoms with Gasteiger partial charge in [0.25, 0.3) is 0 Å². The number of benzene rings is 1. The number of amides is 1. The standard InChI is InChI=1S/C12H16N2O3/c1-14(2)8-11(15)13-7-9-4-3-5-10(6-9)12(16)17/h3-6H,7-8H2,1-2H3,(H,13,15)(H,16,17). The van der Waals surface area contributed by atoms with Crippen LogP contribution in [-0.4, -0.2) is 42.5 Å². The normalized spacial score (nSPS) is 10.3. The van der Waals surface area contributed by atoms with Crippen LogP contribution in [0.25, 0.3) is 0 Å². The lowest BCUT2D eigenvalue weighted by molar-refractivity contribution is -0.121. The Labute approximate surface area is 100 Å². The fourth-order valence-corrected chi connectivity index (χ4v) is 1.36. The fraction of sp³-hybridized carbons (Fsp3) is 0.333. The van der Waals surface area contributed by atoms with Gasteiger partial charge in [-0.05, 0) is 31.8 Å². The first kappa shape index (κ1) is 13.2. The van der Waals surface area contributed by atoms with Crippen molar-refractivity contribution < 1.29 is 14.7 Å². The van der Waals surface area contributed by atoms with Crippen LogP contribution in [0.15, 0.2) is 24.3 Å². The molecule has 1 aromatic rings. The summed E-state index contributed by atoms with van der Waals surface area (Å²) in [5.74, 6) is -1.05. The summed E-state index contributed by atoms with van der Waals surface area (Å²) in [6.45, 7) is 0.659. The van der Waals surface area contributed by atoms with Crippen LogP contribution >= 0.6 is 0 Å². The molecule has 1 rings (SSSR count). The molecule has 5 nitrogen and oxygen atoms in total. The molecule has 0 spiro atoms. The van der Waals surface area contributed by atoms with E-state index in [4.69, 9.17) is 5.11 Å². The zero-order valence-corrected chi connectivity index (χ0v) is 9.93. The molecule has 1 aromatic carbocycles. The van der Waals surface area contributed by atoms with Crippen LogP contribution in [0.2, 0.25) is 0 Å².